The minimum Gasteiger partial charge on any atom is -0.467 e. The van der Waals surface area contributed by atoms with Crippen molar-refractivity contribution in [3.8, 4) is 0 Å². The number of rotatable bonds is 7. The van der Waals surface area contributed by atoms with Gasteiger partial charge in [-0.1, -0.05) is 19.8 Å². The molecule has 6 heteroatoms. The molecule has 22 heavy (non-hydrogen) atoms. The molecule has 2 N–H and O–H groups in total. The van der Waals surface area contributed by atoms with E-state index in [-0.39, 0.29) is 11.8 Å². The molecule has 0 bridgehead atoms. The largest absolute Gasteiger partial charge is 0.467 e. The van der Waals surface area contributed by atoms with Crippen LogP contribution in [0.25, 0.3) is 0 Å². The molecule has 6 nitrogen and oxygen atoms in total. The van der Waals surface area contributed by atoms with E-state index in [1.165, 1.54) is 14.0 Å². The molecule has 1 aromatic carbocycles. The fraction of sp³-hybridized carbons (Fsp3) is 0.438. The lowest BCUT2D eigenvalue weighted by molar-refractivity contribution is -0.143. The van der Waals surface area contributed by atoms with Crippen LogP contribution in [-0.4, -0.2) is 30.9 Å². The fourth-order valence-electron chi connectivity index (χ4n) is 1.95. The van der Waals surface area contributed by atoms with Gasteiger partial charge in [0.2, 0.25) is 5.91 Å². The molecule has 2 amide bonds. The van der Waals surface area contributed by atoms with Crippen molar-refractivity contribution in [3.63, 3.8) is 0 Å². The van der Waals surface area contributed by atoms with Gasteiger partial charge in [0.05, 0.1) is 7.11 Å². The molecule has 0 aliphatic heterocycles. The summed E-state index contributed by atoms with van der Waals surface area (Å²) in [7, 11) is 1.30. The molecule has 1 atom stereocenters. The van der Waals surface area contributed by atoms with Crippen LogP contribution in [0.3, 0.4) is 0 Å². The van der Waals surface area contributed by atoms with Crippen molar-refractivity contribution >= 4 is 23.5 Å². The molecule has 0 saturated carbocycles. The van der Waals surface area contributed by atoms with Crippen LogP contribution >= 0.6 is 0 Å². The maximum absolute atomic E-state index is 12.2. The number of nitrogens with one attached hydrogen (secondary N) is 2. The highest BCUT2D eigenvalue weighted by atomic mass is 16.5. The maximum atomic E-state index is 12.2. The first-order valence-electron chi connectivity index (χ1n) is 7.24. The predicted octanol–water partition coefficient (Wildman–Crippen LogP) is 2.11. The number of hydrogen-bond acceptors (Lipinski definition) is 4. The predicted molar refractivity (Wildman–Crippen MR) is 83.5 cm³/mol. The molecule has 0 heterocycles. The number of benzene rings is 1. The number of amides is 2. The van der Waals surface area contributed by atoms with E-state index in [9.17, 15) is 14.4 Å². The summed E-state index contributed by atoms with van der Waals surface area (Å²) in [5.74, 6) is -0.972. The van der Waals surface area contributed by atoms with Crippen molar-refractivity contribution in [2.75, 3.05) is 12.4 Å². The zero-order valence-corrected chi connectivity index (χ0v) is 13.1. The van der Waals surface area contributed by atoms with Crippen LogP contribution in [0, 0.1) is 0 Å². The van der Waals surface area contributed by atoms with Crippen molar-refractivity contribution in [3.05, 3.63) is 29.8 Å². The Bertz CT molecular complexity index is 525. The summed E-state index contributed by atoms with van der Waals surface area (Å²) in [6, 6.07) is 5.81. The number of hydrogen-bond donors (Lipinski definition) is 2. The van der Waals surface area contributed by atoms with E-state index >= 15 is 0 Å². The van der Waals surface area contributed by atoms with Gasteiger partial charge in [-0.15, -0.1) is 0 Å². The van der Waals surface area contributed by atoms with E-state index in [1.54, 1.807) is 24.3 Å². The lowest BCUT2D eigenvalue weighted by Gasteiger charge is -2.16. The van der Waals surface area contributed by atoms with Gasteiger partial charge < -0.3 is 15.4 Å². The van der Waals surface area contributed by atoms with Crippen molar-refractivity contribution in [2.24, 2.45) is 0 Å². The van der Waals surface area contributed by atoms with Crippen LogP contribution in [0.5, 0.6) is 0 Å². The van der Waals surface area contributed by atoms with Gasteiger partial charge in [0, 0.05) is 18.2 Å². The smallest absolute Gasteiger partial charge is 0.328 e. The maximum Gasteiger partial charge on any atom is 0.328 e. The van der Waals surface area contributed by atoms with Gasteiger partial charge in [0.25, 0.3) is 5.91 Å². The van der Waals surface area contributed by atoms with Crippen LogP contribution in [0.2, 0.25) is 0 Å². The molecule has 0 radical (unpaired) electrons. The summed E-state index contributed by atoms with van der Waals surface area (Å²) < 4.78 is 4.71. The highest BCUT2D eigenvalue weighted by molar-refractivity contribution is 5.97. The number of esters is 1. The van der Waals surface area contributed by atoms with E-state index in [0.717, 1.165) is 12.8 Å². The van der Waals surface area contributed by atoms with Gasteiger partial charge >= 0.3 is 5.97 Å². The van der Waals surface area contributed by atoms with E-state index in [0.29, 0.717) is 17.7 Å². The SMILES string of the molecule is CCCC[C@@H](NC(=O)c1ccc(NC(C)=O)cc1)C(=O)OC. The third kappa shape index (κ3) is 5.55. The molecule has 0 aromatic heterocycles. The topological polar surface area (TPSA) is 84.5 Å². The monoisotopic (exact) mass is 306 g/mol. The molecule has 0 fully saturated rings. The zero-order valence-electron chi connectivity index (χ0n) is 13.1. The van der Waals surface area contributed by atoms with E-state index in [4.69, 9.17) is 4.74 Å². The van der Waals surface area contributed by atoms with Gasteiger partial charge in [-0.25, -0.2) is 4.79 Å². The highest BCUT2D eigenvalue weighted by Crippen LogP contribution is 2.10. The standard InChI is InChI=1S/C16H22N2O4/c1-4-5-6-14(16(21)22-3)18-15(20)12-7-9-13(10-8-12)17-11(2)19/h7-10,14H,4-6H2,1-3H3,(H,17,19)(H,18,20)/t14-/m1/s1. The van der Waals surface area contributed by atoms with E-state index in [2.05, 4.69) is 10.6 Å². The lowest BCUT2D eigenvalue weighted by atomic mass is 10.1. The third-order valence-electron chi connectivity index (χ3n) is 3.10. The van der Waals surface area contributed by atoms with Crippen molar-refractivity contribution in [1.82, 2.24) is 5.32 Å². The number of carbonyl (C=O) groups is 3. The molecular weight excluding hydrogens is 284 g/mol. The average Bonchev–Trinajstić information content (AvgIpc) is 2.50. The number of carbonyl (C=O) groups excluding carboxylic acids is 3. The van der Waals surface area contributed by atoms with Crippen LogP contribution in [-0.2, 0) is 14.3 Å². The summed E-state index contributed by atoms with van der Waals surface area (Å²) in [4.78, 5) is 34.8. The Labute approximate surface area is 130 Å². The van der Waals surface area contributed by atoms with Crippen LogP contribution in [0.4, 0.5) is 5.69 Å². The Balaban J connectivity index is 2.72. The summed E-state index contributed by atoms with van der Waals surface area (Å²) >= 11 is 0. The summed E-state index contributed by atoms with van der Waals surface area (Å²) in [5.41, 5.74) is 1.03. The van der Waals surface area contributed by atoms with Gasteiger partial charge in [0.1, 0.15) is 6.04 Å². The Hall–Kier alpha value is -2.37. The number of ether oxygens (including phenoxy) is 1. The summed E-state index contributed by atoms with van der Waals surface area (Å²) in [6.45, 7) is 3.42. The van der Waals surface area contributed by atoms with Crippen LogP contribution in [0.15, 0.2) is 24.3 Å². The Kier molecular flexibility index (Phi) is 7.08. The van der Waals surface area contributed by atoms with Crippen molar-refractivity contribution < 1.29 is 19.1 Å². The Morgan fingerprint density at radius 3 is 2.32 bits per heavy atom. The molecule has 1 aromatic rings. The molecule has 1 rings (SSSR count). The Morgan fingerprint density at radius 1 is 1.18 bits per heavy atom. The van der Waals surface area contributed by atoms with Crippen LogP contribution < -0.4 is 10.6 Å². The summed E-state index contributed by atoms with van der Waals surface area (Å²) in [6.07, 6.45) is 2.29. The second kappa shape index (κ2) is 8.81. The number of methoxy groups -OCH3 is 1. The highest BCUT2D eigenvalue weighted by Gasteiger charge is 2.21. The minimum absolute atomic E-state index is 0.178. The third-order valence-corrected chi connectivity index (χ3v) is 3.10. The summed E-state index contributed by atoms with van der Waals surface area (Å²) in [5, 5.41) is 5.30. The molecule has 120 valence electrons. The zero-order chi connectivity index (χ0) is 16.5. The van der Waals surface area contributed by atoms with Gasteiger partial charge in [0.15, 0.2) is 0 Å². The normalized spacial score (nSPS) is 11.4. The average molecular weight is 306 g/mol. The van der Waals surface area contributed by atoms with Crippen molar-refractivity contribution in [2.45, 2.75) is 39.2 Å². The first-order chi connectivity index (χ1) is 10.5. The first-order valence-corrected chi connectivity index (χ1v) is 7.24. The fourth-order valence-corrected chi connectivity index (χ4v) is 1.95. The Morgan fingerprint density at radius 2 is 1.82 bits per heavy atom. The lowest BCUT2D eigenvalue weighted by Crippen LogP contribution is -2.41. The van der Waals surface area contributed by atoms with E-state index in [1.807, 2.05) is 6.92 Å². The molecule has 0 aliphatic rings. The second-order valence-corrected chi connectivity index (χ2v) is 4.95. The van der Waals surface area contributed by atoms with Crippen LogP contribution in [0.1, 0.15) is 43.5 Å². The quantitative estimate of drug-likeness (QED) is 0.756. The van der Waals surface area contributed by atoms with Gasteiger partial charge in [-0.2, -0.15) is 0 Å². The molecule has 0 unspecified atom stereocenters. The van der Waals surface area contributed by atoms with Gasteiger partial charge in [-0.3, -0.25) is 9.59 Å². The van der Waals surface area contributed by atoms with Gasteiger partial charge in [-0.05, 0) is 30.7 Å². The second-order valence-electron chi connectivity index (χ2n) is 4.95. The molecule has 0 saturated heterocycles. The number of unbranched alkanes of at least 4 members (excludes halogenated alkanes) is 1. The molecule has 0 aliphatic carbocycles. The van der Waals surface area contributed by atoms with E-state index < -0.39 is 12.0 Å². The number of anilines is 1. The molecular formula is C16H22N2O4. The first kappa shape index (κ1) is 17.7. The molecule has 0 spiro atoms. The minimum atomic E-state index is -0.646. The van der Waals surface area contributed by atoms with Crippen molar-refractivity contribution in [1.29, 1.82) is 0 Å².